The highest BCUT2D eigenvalue weighted by Gasteiger charge is 2.21. The van der Waals surface area contributed by atoms with Crippen LogP contribution in [0.15, 0.2) is 71.1 Å². The lowest BCUT2D eigenvalue weighted by atomic mass is 10.2. The number of anilines is 1. The Morgan fingerprint density at radius 3 is 2.70 bits per heavy atom. The van der Waals surface area contributed by atoms with Crippen molar-refractivity contribution >= 4 is 51.9 Å². The Morgan fingerprint density at radius 2 is 2.00 bits per heavy atom. The van der Waals surface area contributed by atoms with Gasteiger partial charge in [0.2, 0.25) is 5.91 Å². The average Bonchev–Trinajstić information content (AvgIpc) is 2.71. The highest BCUT2D eigenvalue weighted by Crippen LogP contribution is 2.24. The maximum atomic E-state index is 12.8. The van der Waals surface area contributed by atoms with Crippen molar-refractivity contribution in [3.8, 4) is 0 Å². The Kier molecular flexibility index (Phi) is 6.91. The van der Waals surface area contributed by atoms with Crippen molar-refractivity contribution in [3.63, 3.8) is 0 Å². The van der Waals surface area contributed by atoms with Crippen LogP contribution in [0.5, 0.6) is 0 Å². The van der Waals surface area contributed by atoms with Crippen molar-refractivity contribution in [1.29, 1.82) is 0 Å². The largest absolute Gasteiger partial charge is 0.325 e. The molecule has 1 heterocycles. The van der Waals surface area contributed by atoms with E-state index in [9.17, 15) is 14.4 Å². The van der Waals surface area contributed by atoms with E-state index in [1.165, 1.54) is 4.57 Å². The van der Waals surface area contributed by atoms with Crippen molar-refractivity contribution in [2.24, 2.45) is 0 Å². The van der Waals surface area contributed by atoms with E-state index in [-0.39, 0.29) is 12.1 Å². The number of thioether (sulfide) groups is 1. The van der Waals surface area contributed by atoms with E-state index in [1.807, 2.05) is 6.07 Å². The first kappa shape index (κ1) is 21.6. The number of para-hydroxylation sites is 1. The van der Waals surface area contributed by atoms with Crippen LogP contribution < -0.4 is 16.2 Å². The van der Waals surface area contributed by atoms with Crippen LogP contribution in [0.4, 0.5) is 10.5 Å². The Morgan fingerprint density at radius 1 is 1.27 bits per heavy atom. The second kappa shape index (κ2) is 9.60. The van der Waals surface area contributed by atoms with Gasteiger partial charge in [0.05, 0.1) is 16.2 Å². The maximum absolute atomic E-state index is 12.8. The molecule has 154 valence electrons. The fourth-order valence-corrected chi connectivity index (χ4v) is 3.75. The summed E-state index contributed by atoms with van der Waals surface area (Å²) in [6, 6.07) is 13.0. The van der Waals surface area contributed by atoms with Gasteiger partial charge in [-0.2, -0.15) is 0 Å². The number of carbonyl (C=O) groups excluding carboxylic acids is 2. The molecular formula is C21H19ClN4O3S. The first-order chi connectivity index (χ1) is 14.4. The molecule has 2 N–H and O–H groups in total. The van der Waals surface area contributed by atoms with Gasteiger partial charge in [0.15, 0.2) is 5.16 Å². The van der Waals surface area contributed by atoms with Crippen molar-refractivity contribution < 1.29 is 9.59 Å². The molecule has 2 aromatic carbocycles. The number of hydrogen-bond acceptors (Lipinski definition) is 5. The van der Waals surface area contributed by atoms with E-state index in [1.54, 1.807) is 55.5 Å². The number of imide groups is 1. The van der Waals surface area contributed by atoms with Gasteiger partial charge in [0.25, 0.3) is 5.56 Å². The van der Waals surface area contributed by atoms with Crippen LogP contribution in [0.3, 0.4) is 0 Å². The Hall–Kier alpha value is -3.10. The van der Waals surface area contributed by atoms with Gasteiger partial charge >= 0.3 is 6.03 Å². The lowest BCUT2D eigenvalue weighted by molar-refractivity contribution is -0.119. The number of halogens is 1. The molecule has 1 unspecified atom stereocenters. The summed E-state index contributed by atoms with van der Waals surface area (Å²) >= 11 is 7.09. The lowest BCUT2D eigenvalue weighted by Crippen LogP contribution is -2.39. The van der Waals surface area contributed by atoms with Crippen molar-refractivity contribution in [3.05, 3.63) is 76.6 Å². The van der Waals surface area contributed by atoms with Gasteiger partial charge in [-0.05, 0) is 37.3 Å². The number of fused-ring (bicyclic) bond motifs is 1. The quantitative estimate of drug-likeness (QED) is 0.341. The van der Waals surface area contributed by atoms with Crippen molar-refractivity contribution in [1.82, 2.24) is 14.9 Å². The zero-order valence-corrected chi connectivity index (χ0v) is 17.7. The molecule has 0 aliphatic carbocycles. The Labute approximate surface area is 182 Å². The summed E-state index contributed by atoms with van der Waals surface area (Å²) < 4.78 is 1.43. The number of allylic oxidation sites excluding steroid dienone is 1. The molecule has 0 spiro atoms. The number of aromatic nitrogens is 2. The number of carbonyl (C=O) groups is 2. The molecule has 0 fully saturated rings. The van der Waals surface area contributed by atoms with E-state index >= 15 is 0 Å². The summed E-state index contributed by atoms with van der Waals surface area (Å²) in [4.78, 5) is 41.9. The minimum Gasteiger partial charge on any atom is -0.308 e. The van der Waals surface area contributed by atoms with E-state index in [2.05, 4.69) is 22.2 Å². The van der Waals surface area contributed by atoms with Gasteiger partial charge in [-0.3, -0.25) is 19.5 Å². The Balaban J connectivity index is 1.79. The SMILES string of the molecule is C=CCn1c(SC(C)C(=O)NC(=O)Nc2ccccc2)nc2cc(Cl)ccc2c1=O. The molecule has 3 aromatic rings. The summed E-state index contributed by atoms with van der Waals surface area (Å²) in [5.74, 6) is -0.515. The molecular weight excluding hydrogens is 424 g/mol. The normalized spacial score (nSPS) is 11.7. The van der Waals surface area contributed by atoms with E-state index < -0.39 is 17.2 Å². The van der Waals surface area contributed by atoms with E-state index in [0.717, 1.165) is 11.8 Å². The second-order valence-corrected chi connectivity index (χ2v) is 8.07. The van der Waals surface area contributed by atoms with Gasteiger partial charge in [-0.15, -0.1) is 6.58 Å². The Bertz CT molecular complexity index is 1160. The number of benzene rings is 2. The predicted octanol–water partition coefficient (Wildman–Crippen LogP) is 4.06. The molecule has 30 heavy (non-hydrogen) atoms. The molecule has 0 aliphatic rings. The van der Waals surface area contributed by atoms with E-state index in [4.69, 9.17) is 11.6 Å². The molecule has 0 saturated carbocycles. The third-order valence-electron chi connectivity index (χ3n) is 4.11. The molecule has 7 nitrogen and oxygen atoms in total. The molecule has 0 aliphatic heterocycles. The third-order valence-corrected chi connectivity index (χ3v) is 5.44. The molecule has 1 aromatic heterocycles. The molecule has 3 rings (SSSR count). The van der Waals surface area contributed by atoms with Crippen LogP contribution in [-0.2, 0) is 11.3 Å². The second-order valence-electron chi connectivity index (χ2n) is 6.33. The van der Waals surface area contributed by atoms with Gasteiger partial charge in [0.1, 0.15) is 0 Å². The summed E-state index contributed by atoms with van der Waals surface area (Å²) in [5.41, 5.74) is 0.745. The molecule has 0 radical (unpaired) electrons. The third kappa shape index (κ3) is 5.08. The van der Waals surface area contributed by atoms with Crippen LogP contribution in [0, 0.1) is 0 Å². The zero-order valence-electron chi connectivity index (χ0n) is 16.1. The molecule has 3 amide bonds. The minimum atomic E-state index is -0.689. The van der Waals surface area contributed by atoms with Crippen LogP contribution in [-0.4, -0.2) is 26.7 Å². The predicted molar refractivity (Wildman–Crippen MR) is 120 cm³/mol. The highest BCUT2D eigenvalue weighted by molar-refractivity contribution is 8.00. The van der Waals surface area contributed by atoms with Crippen LogP contribution in [0.25, 0.3) is 10.9 Å². The van der Waals surface area contributed by atoms with Crippen molar-refractivity contribution in [2.75, 3.05) is 5.32 Å². The van der Waals surface area contributed by atoms with Crippen LogP contribution in [0.1, 0.15) is 6.92 Å². The number of nitrogens with one attached hydrogen (secondary N) is 2. The van der Waals surface area contributed by atoms with Crippen LogP contribution in [0.2, 0.25) is 5.02 Å². The van der Waals surface area contributed by atoms with Crippen molar-refractivity contribution in [2.45, 2.75) is 23.9 Å². The number of amides is 3. The van der Waals surface area contributed by atoms with Gasteiger partial charge < -0.3 is 5.32 Å². The smallest absolute Gasteiger partial charge is 0.308 e. The highest BCUT2D eigenvalue weighted by atomic mass is 35.5. The topological polar surface area (TPSA) is 93.1 Å². The zero-order chi connectivity index (χ0) is 21.7. The monoisotopic (exact) mass is 442 g/mol. The molecule has 0 saturated heterocycles. The summed E-state index contributed by atoms with van der Waals surface area (Å²) in [6.07, 6.45) is 1.58. The van der Waals surface area contributed by atoms with Gasteiger partial charge in [0, 0.05) is 17.3 Å². The molecule has 0 bridgehead atoms. The lowest BCUT2D eigenvalue weighted by Gasteiger charge is -2.15. The summed E-state index contributed by atoms with van der Waals surface area (Å²) in [5, 5.41) is 5.40. The fourth-order valence-electron chi connectivity index (χ4n) is 2.66. The number of rotatable bonds is 6. The molecule has 9 heteroatoms. The first-order valence-corrected chi connectivity index (χ1v) is 10.3. The van der Waals surface area contributed by atoms with Gasteiger partial charge in [-0.1, -0.05) is 47.6 Å². The first-order valence-electron chi connectivity index (χ1n) is 9.03. The van der Waals surface area contributed by atoms with Crippen LogP contribution >= 0.6 is 23.4 Å². The standard InChI is InChI=1S/C21H19ClN4O3S/c1-3-11-26-19(28)16-10-9-14(22)12-17(16)24-21(26)30-13(2)18(27)25-20(29)23-15-7-5-4-6-8-15/h3-10,12-13H,1,11H2,2H3,(H2,23,25,27,29). The average molecular weight is 443 g/mol. The van der Waals surface area contributed by atoms with E-state index in [0.29, 0.717) is 26.8 Å². The number of urea groups is 1. The molecule has 1 atom stereocenters. The summed E-state index contributed by atoms with van der Waals surface area (Å²) in [6.45, 7) is 5.53. The summed E-state index contributed by atoms with van der Waals surface area (Å²) in [7, 11) is 0. The fraction of sp³-hybridized carbons (Fsp3) is 0.143. The van der Waals surface area contributed by atoms with Gasteiger partial charge in [-0.25, -0.2) is 9.78 Å². The number of hydrogen-bond donors (Lipinski definition) is 2. The maximum Gasteiger partial charge on any atom is 0.325 e. The minimum absolute atomic E-state index is 0.232. The number of nitrogens with zero attached hydrogens (tertiary/aromatic N) is 2.